The Balaban J connectivity index is 1.79. The van der Waals surface area contributed by atoms with Gasteiger partial charge >= 0.3 is 0 Å². The normalized spacial score (nSPS) is 27.1. The molecule has 2 unspecified atom stereocenters. The van der Waals surface area contributed by atoms with E-state index in [0.717, 1.165) is 18.8 Å². The first-order valence-corrected chi connectivity index (χ1v) is 7.73. The van der Waals surface area contributed by atoms with Gasteiger partial charge in [-0.3, -0.25) is 4.99 Å². The Morgan fingerprint density at radius 1 is 1.29 bits per heavy atom. The van der Waals surface area contributed by atoms with Gasteiger partial charge in [0, 0.05) is 12.6 Å². The van der Waals surface area contributed by atoms with Gasteiger partial charge in [0.2, 0.25) is 0 Å². The molecule has 3 nitrogen and oxygen atoms in total. The molecule has 0 bridgehead atoms. The summed E-state index contributed by atoms with van der Waals surface area (Å²) in [5, 5.41) is 6.24. The van der Waals surface area contributed by atoms with E-state index in [9.17, 15) is 0 Å². The standard InChI is InChI=1S/C18H23N3/c1-13-11-17(16-7-5-4-6-8-16)21(19-3)18(13)20-12-14(2)15-9-10-15/h4-8,13,15,17H,2-3,9-12H2,1H3. The van der Waals surface area contributed by atoms with Crippen LogP contribution in [0.15, 0.2) is 52.6 Å². The number of hydrogen-bond acceptors (Lipinski definition) is 2. The molecule has 1 aromatic rings. The van der Waals surface area contributed by atoms with E-state index >= 15 is 0 Å². The molecule has 0 radical (unpaired) electrons. The minimum Gasteiger partial charge on any atom is -0.266 e. The molecule has 0 spiro atoms. The minimum absolute atomic E-state index is 0.256. The quantitative estimate of drug-likeness (QED) is 0.591. The molecule has 2 aliphatic rings. The van der Waals surface area contributed by atoms with Crippen molar-refractivity contribution in [2.75, 3.05) is 6.54 Å². The average Bonchev–Trinajstić information content (AvgIpc) is 3.30. The molecule has 1 saturated heterocycles. The highest BCUT2D eigenvalue weighted by Gasteiger charge is 2.36. The Hall–Kier alpha value is -1.90. The fourth-order valence-electron chi connectivity index (χ4n) is 3.08. The summed E-state index contributed by atoms with van der Waals surface area (Å²) in [6.45, 7) is 10.9. The summed E-state index contributed by atoms with van der Waals surface area (Å²) in [6.07, 6.45) is 3.61. The molecule has 0 N–H and O–H groups in total. The third-order valence-corrected chi connectivity index (χ3v) is 4.48. The zero-order chi connectivity index (χ0) is 14.8. The van der Waals surface area contributed by atoms with Crippen molar-refractivity contribution in [2.45, 2.75) is 32.2 Å². The Morgan fingerprint density at radius 3 is 2.62 bits per heavy atom. The first-order valence-electron chi connectivity index (χ1n) is 7.73. The molecule has 110 valence electrons. The summed E-state index contributed by atoms with van der Waals surface area (Å²) in [6, 6.07) is 10.8. The van der Waals surface area contributed by atoms with Crippen LogP contribution in [0.5, 0.6) is 0 Å². The fourth-order valence-corrected chi connectivity index (χ4v) is 3.08. The van der Waals surface area contributed by atoms with Crippen LogP contribution < -0.4 is 0 Å². The summed E-state index contributed by atoms with van der Waals surface area (Å²) in [5.41, 5.74) is 2.55. The predicted octanol–water partition coefficient (Wildman–Crippen LogP) is 4.05. The first kappa shape index (κ1) is 14.1. The summed E-state index contributed by atoms with van der Waals surface area (Å²) >= 11 is 0. The van der Waals surface area contributed by atoms with Gasteiger partial charge in [-0.2, -0.15) is 5.10 Å². The van der Waals surface area contributed by atoms with Gasteiger partial charge in [0.15, 0.2) is 0 Å². The van der Waals surface area contributed by atoms with E-state index in [1.807, 2.05) is 11.1 Å². The molecule has 0 aromatic heterocycles. The maximum absolute atomic E-state index is 4.80. The number of amidine groups is 1. The van der Waals surface area contributed by atoms with E-state index in [-0.39, 0.29) is 6.04 Å². The van der Waals surface area contributed by atoms with Crippen LogP contribution in [0.1, 0.15) is 37.8 Å². The molecule has 2 fully saturated rings. The van der Waals surface area contributed by atoms with Crippen molar-refractivity contribution in [3.63, 3.8) is 0 Å². The van der Waals surface area contributed by atoms with Crippen molar-refractivity contribution in [1.29, 1.82) is 0 Å². The first-order chi connectivity index (χ1) is 10.2. The highest BCUT2D eigenvalue weighted by molar-refractivity contribution is 5.87. The second kappa shape index (κ2) is 5.84. The lowest BCUT2D eigenvalue weighted by Crippen LogP contribution is -2.24. The largest absolute Gasteiger partial charge is 0.266 e. The van der Waals surface area contributed by atoms with Gasteiger partial charge in [0.1, 0.15) is 5.84 Å². The Morgan fingerprint density at radius 2 is 2.00 bits per heavy atom. The van der Waals surface area contributed by atoms with Crippen LogP contribution in [0, 0.1) is 11.8 Å². The summed E-state index contributed by atoms with van der Waals surface area (Å²) in [7, 11) is 0. The van der Waals surface area contributed by atoms with Gasteiger partial charge in [-0.05, 0) is 30.7 Å². The number of aliphatic imine (C=N–C) groups is 1. The molecular formula is C18H23N3. The van der Waals surface area contributed by atoms with Crippen LogP contribution in [0.4, 0.5) is 0 Å². The van der Waals surface area contributed by atoms with Crippen LogP contribution in [0.25, 0.3) is 0 Å². The lowest BCUT2D eigenvalue weighted by Gasteiger charge is -2.21. The summed E-state index contributed by atoms with van der Waals surface area (Å²) < 4.78 is 0. The molecule has 1 saturated carbocycles. The number of hydrazone groups is 1. The van der Waals surface area contributed by atoms with Crippen LogP contribution in [0.3, 0.4) is 0 Å². The summed E-state index contributed by atoms with van der Waals surface area (Å²) in [5.74, 6) is 2.18. The molecule has 3 heteroatoms. The highest BCUT2D eigenvalue weighted by atomic mass is 15.5. The number of hydrogen-bond donors (Lipinski definition) is 0. The maximum Gasteiger partial charge on any atom is 0.123 e. The predicted molar refractivity (Wildman–Crippen MR) is 88.5 cm³/mol. The SMILES string of the molecule is C=NN1C(=NCC(=C)C2CC2)C(C)CC1c1ccccc1. The average molecular weight is 281 g/mol. The van der Waals surface area contributed by atoms with Crippen LogP contribution in [-0.2, 0) is 0 Å². The maximum atomic E-state index is 4.80. The van der Waals surface area contributed by atoms with Gasteiger partial charge in [0.05, 0.1) is 12.6 Å². The van der Waals surface area contributed by atoms with E-state index in [0.29, 0.717) is 11.8 Å². The van der Waals surface area contributed by atoms with Crippen molar-refractivity contribution >= 4 is 12.6 Å². The minimum atomic E-state index is 0.256. The molecule has 0 amide bonds. The van der Waals surface area contributed by atoms with Crippen LogP contribution in [-0.4, -0.2) is 24.1 Å². The van der Waals surface area contributed by atoms with Gasteiger partial charge in [-0.1, -0.05) is 49.4 Å². The Bertz CT molecular complexity index is 557. The fraction of sp³-hybridized carbons (Fsp3) is 0.444. The van der Waals surface area contributed by atoms with Crippen molar-refractivity contribution in [3.8, 4) is 0 Å². The topological polar surface area (TPSA) is 28.0 Å². The van der Waals surface area contributed by atoms with Crippen LogP contribution >= 0.6 is 0 Å². The zero-order valence-corrected chi connectivity index (χ0v) is 12.7. The smallest absolute Gasteiger partial charge is 0.123 e. The van der Waals surface area contributed by atoms with E-state index in [4.69, 9.17) is 4.99 Å². The lowest BCUT2D eigenvalue weighted by atomic mass is 10.0. The van der Waals surface area contributed by atoms with Gasteiger partial charge < -0.3 is 0 Å². The van der Waals surface area contributed by atoms with Crippen molar-refractivity contribution in [3.05, 3.63) is 48.0 Å². The van der Waals surface area contributed by atoms with Crippen molar-refractivity contribution in [2.24, 2.45) is 21.9 Å². The van der Waals surface area contributed by atoms with E-state index in [1.165, 1.54) is 24.0 Å². The number of benzene rings is 1. The van der Waals surface area contributed by atoms with Crippen molar-refractivity contribution < 1.29 is 0 Å². The zero-order valence-electron chi connectivity index (χ0n) is 12.7. The van der Waals surface area contributed by atoms with E-state index < -0.39 is 0 Å². The molecule has 2 atom stereocenters. The monoisotopic (exact) mass is 281 g/mol. The third kappa shape index (κ3) is 2.92. The second-order valence-electron chi connectivity index (χ2n) is 6.16. The lowest BCUT2D eigenvalue weighted by molar-refractivity contribution is 0.360. The van der Waals surface area contributed by atoms with Gasteiger partial charge in [-0.15, -0.1) is 0 Å². The van der Waals surface area contributed by atoms with Crippen molar-refractivity contribution in [1.82, 2.24) is 5.01 Å². The van der Waals surface area contributed by atoms with E-state index in [1.54, 1.807) is 0 Å². The Labute approximate surface area is 127 Å². The van der Waals surface area contributed by atoms with Crippen LogP contribution in [0.2, 0.25) is 0 Å². The number of nitrogens with zero attached hydrogens (tertiary/aromatic N) is 3. The number of rotatable bonds is 5. The molecule has 21 heavy (non-hydrogen) atoms. The molecular weight excluding hydrogens is 258 g/mol. The molecule has 1 aliphatic carbocycles. The van der Waals surface area contributed by atoms with Gasteiger partial charge in [0.25, 0.3) is 0 Å². The highest BCUT2D eigenvalue weighted by Crippen LogP contribution is 2.38. The van der Waals surface area contributed by atoms with E-state index in [2.05, 4.69) is 49.6 Å². The molecule has 3 rings (SSSR count). The third-order valence-electron chi connectivity index (χ3n) is 4.48. The second-order valence-corrected chi connectivity index (χ2v) is 6.16. The summed E-state index contributed by atoms with van der Waals surface area (Å²) in [4.78, 5) is 4.80. The molecule has 1 aliphatic heterocycles. The molecule has 1 heterocycles. The van der Waals surface area contributed by atoms with Gasteiger partial charge in [-0.25, -0.2) is 5.01 Å². The molecule has 1 aromatic carbocycles. The Kier molecular flexibility index (Phi) is 3.91.